The molecule has 0 aromatic carbocycles. The number of fused-ring (bicyclic) bond motifs is 1. The van der Waals surface area contributed by atoms with Crippen LogP contribution >= 0.6 is 11.6 Å². The van der Waals surface area contributed by atoms with E-state index in [0.717, 1.165) is 19.5 Å². The summed E-state index contributed by atoms with van der Waals surface area (Å²) in [5.74, 6) is 0.591. The van der Waals surface area contributed by atoms with Crippen LogP contribution in [0.1, 0.15) is 27.2 Å². The lowest BCUT2D eigenvalue weighted by atomic mass is 10.1. The zero-order valence-corrected chi connectivity index (χ0v) is 15.1. The van der Waals surface area contributed by atoms with E-state index >= 15 is 0 Å². The smallest absolute Gasteiger partial charge is 0.410 e. The molecule has 3 heterocycles. The van der Waals surface area contributed by atoms with Gasteiger partial charge in [-0.25, -0.2) is 9.78 Å². The van der Waals surface area contributed by atoms with Gasteiger partial charge in [0.25, 0.3) is 0 Å². The molecule has 0 unspecified atom stereocenters. The maximum absolute atomic E-state index is 12.2. The number of amides is 1. The first kappa shape index (κ1) is 17.3. The van der Waals surface area contributed by atoms with Crippen LogP contribution in [0.5, 0.6) is 5.88 Å². The van der Waals surface area contributed by atoms with Gasteiger partial charge in [0, 0.05) is 50.9 Å². The molecule has 6 nitrogen and oxygen atoms in total. The van der Waals surface area contributed by atoms with E-state index in [1.807, 2.05) is 20.8 Å². The minimum Gasteiger partial charge on any atom is -0.473 e. The van der Waals surface area contributed by atoms with Gasteiger partial charge in [0.05, 0.1) is 5.02 Å². The number of hydrogen-bond acceptors (Lipinski definition) is 5. The van der Waals surface area contributed by atoms with Crippen LogP contribution in [0.3, 0.4) is 0 Å². The summed E-state index contributed by atoms with van der Waals surface area (Å²) in [5, 5.41) is 0.596. The van der Waals surface area contributed by atoms with Crippen molar-refractivity contribution in [2.45, 2.75) is 44.9 Å². The molecule has 2 fully saturated rings. The van der Waals surface area contributed by atoms with Gasteiger partial charge >= 0.3 is 6.09 Å². The van der Waals surface area contributed by atoms with E-state index in [1.54, 1.807) is 23.2 Å². The highest BCUT2D eigenvalue weighted by atomic mass is 35.5. The fourth-order valence-electron chi connectivity index (χ4n) is 3.18. The van der Waals surface area contributed by atoms with E-state index in [1.165, 1.54) is 0 Å². The largest absolute Gasteiger partial charge is 0.473 e. The molecule has 2 aliphatic heterocycles. The Balaban J connectivity index is 1.54. The number of piperazine rings is 1. The molecule has 0 N–H and O–H groups in total. The fourth-order valence-corrected chi connectivity index (χ4v) is 3.29. The minimum absolute atomic E-state index is 0.0854. The van der Waals surface area contributed by atoms with Crippen LogP contribution in [-0.4, -0.2) is 64.8 Å². The van der Waals surface area contributed by atoms with Gasteiger partial charge < -0.3 is 14.4 Å². The van der Waals surface area contributed by atoms with Crippen LogP contribution in [0.2, 0.25) is 5.02 Å². The van der Waals surface area contributed by atoms with E-state index in [4.69, 9.17) is 21.1 Å². The molecule has 2 atom stereocenters. The number of carbonyl (C=O) groups is 1. The maximum atomic E-state index is 12.2. The highest BCUT2D eigenvalue weighted by Gasteiger charge is 2.39. The van der Waals surface area contributed by atoms with E-state index in [9.17, 15) is 4.79 Å². The van der Waals surface area contributed by atoms with Crippen molar-refractivity contribution in [1.82, 2.24) is 14.8 Å². The first-order valence-electron chi connectivity index (χ1n) is 8.30. The van der Waals surface area contributed by atoms with Gasteiger partial charge in [-0.3, -0.25) is 4.90 Å². The van der Waals surface area contributed by atoms with E-state index in [2.05, 4.69) is 9.88 Å². The summed E-state index contributed by atoms with van der Waals surface area (Å²) in [6, 6.07) is 3.87. The van der Waals surface area contributed by atoms with Gasteiger partial charge in [-0.2, -0.15) is 0 Å². The Bertz CT molecular complexity index is 588. The Morgan fingerprint density at radius 1 is 1.29 bits per heavy atom. The monoisotopic (exact) mass is 353 g/mol. The predicted molar refractivity (Wildman–Crippen MR) is 91.4 cm³/mol. The molecule has 3 rings (SSSR count). The average Bonchev–Trinajstić information content (AvgIpc) is 2.89. The standard InChI is InChI=1S/C17H24ClN3O3/c1-17(2,3)24-16(22)21-7-6-20-11-14(8-13(20)10-21)23-15-5-4-12(18)9-19-15/h4-5,9,13-14H,6-8,10-11H2,1-3H3/t13-,14-/m0/s1. The van der Waals surface area contributed by atoms with Gasteiger partial charge in [0.2, 0.25) is 5.88 Å². The number of pyridine rings is 1. The summed E-state index contributed by atoms with van der Waals surface area (Å²) in [6.07, 6.45) is 2.32. The molecular formula is C17H24ClN3O3. The quantitative estimate of drug-likeness (QED) is 0.818. The van der Waals surface area contributed by atoms with E-state index < -0.39 is 5.60 Å². The highest BCUT2D eigenvalue weighted by molar-refractivity contribution is 6.30. The third-order valence-electron chi connectivity index (χ3n) is 4.22. The summed E-state index contributed by atoms with van der Waals surface area (Å²) in [5.41, 5.74) is -0.463. The van der Waals surface area contributed by atoms with Gasteiger partial charge in [-0.15, -0.1) is 0 Å². The van der Waals surface area contributed by atoms with Crippen LogP contribution in [0.15, 0.2) is 18.3 Å². The second-order valence-corrected chi connectivity index (χ2v) is 7.80. The molecule has 2 aliphatic rings. The summed E-state index contributed by atoms with van der Waals surface area (Å²) in [6.45, 7) is 8.74. The molecule has 7 heteroatoms. The Kier molecular flexibility index (Phi) is 4.88. The van der Waals surface area contributed by atoms with Crippen molar-refractivity contribution in [2.24, 2.45) is 0 Å². The molecule has 0 bridgehead atoms. The zero-order chi connectivity index (χ0) is 17.3. The molecule has 1 aromatic heterocycles. The van der Waals surface area contributed by atoms with Crippen molar-refractivity contribution in [3.63, 3.8) is 0 Å². The van der Waals surface area contributed by atoms with Crippen LogP contribution < -0.4 is 4.74 Å². The van der Waals surface area contributed by atoms with E-state index in [-0.39, 0.29) is 12.2 Å². The van der Waals surface area contributed by atoms with Crippen molar-refractivity contribution < 1.29 is 14.3 Å². The van der Waals surface area contributed by atoms with Gasteiger partial charge in [-0.05, 0) is 26.8 Å². The zero-order valence-electron chi connectivity index (χ0n) is 14.4. The Hall–Kier alpha value is -1.53. The first-order chi connectivity index (χ1) is 11.3. The molecule has 2 saturated heterocycles. The van der Waals surface area contributed by atoms with Crippen LogP contribution in [0, 0.1) is 0 Å². The minimum atomic E-state index is -0.463. The van der Waals surface area contributed by atoms with Crippen molar-refractivity contribution in [3.05, 3.63) is 23.4 Å². The lowest BCUT2D eigenvalue weighted by molar-refractivity contribution is 0.00921. The van der Waals surface area contributed by atoms with Crippen LogP contribution in [-0.2, 0) is 4.74 Å². The van der Waals surface area contributed by atoms with Gasteiger partial charge in [0.15, 0.2) is 0 Å². The molecule has 0 radical (unpaired) electrons. The number of ether oxygens (including phenoxy) is 2. The average molecular weight is 354 g/mol. The number of nitrogens with zero attached hydrogens (tertiary/aromatic N) is 3. The number of halogens is 1. The third kappa shape index (κ3) is 4.30. The SMILES string of the molecule is CC(C)(C)OC(=O)N1CCN2C[C@@H](Oc3ccc(Cl)cn3)C[C@H]2C1. The van der Waals surface area contributed by atoms with Crippen molar-refractivity contribution >= 4 is 17.7 Å². The van der Waals surface area contributed by atoms with E-state index in [0.29, 0.717) is 30.0 Å². The highest BCUT2D eigenvalue weighted by Crippen LogP contribution is 2.26. The molecule has 24 heavy (non-hydrogen) atoms. The molecular weight excluding hydrogens is 330 g/mol. The number of aromatic nitrogens is 1. The molecule has 1 aromatic rings. The number of carbonyl (C=O) groups excluding carboxylic acids is 1. The van der Waals surface area contributed by atoms with Crippen molar-refractivity contribution in [3.8, 4) is 5.88 Å². The normalized spacial score (nSPS) is 24.6. The van der Waals surface area contributed by atoms with Gasteiger partial charge in [-0.1, -0.05) is 11.6 Å². The molecule has 0 saturated carbocycles. The molecule has 0 spiro atoms. The number of hydrogen-bond donors (Lipinski definition) is 0. The summed E-state index contributed by atoms with van der Waals surface area (Å²) >= 11 is 5.84. The van der Waals surface area contributed by atoms with Crippen molar-refractivity contribution in [1.29, 1.82) is 0 Å². The first-order valence-corrected chi connectivity index (χ1v) is 8.68. The predicted octanol–water partition coefficient (Wildman–Crippen LogP) is 2.81. The summed E-state index contributed by atoms with van der Waals surface area (Å²) in [4.78, 5) is 20.6. The third-order valence-corrected chi connectivity index (χ3v) is 4.44. The molecule has 0 aliphatic carbocycles. The second kappa shape index (κ2) is 6.76. The fraction of sp³-hybridized carbons (Fsp3) is 0.647. The lowest BCUT2D eigenvalue weighted by Gasteiger charge is -2.37. The summed E-state index contributed by atoms with van der Waals surface area (Å²) in [7, 11) is 0. The Morgan fingerprint density at radius 2 is 2.08 bits per heavy atom. The topological polar surface area (TPSA) is 54.9 Å². The van der Waals surface area contributed by atoms with Crippen molar-refractivity contribution in [2.75, 3.05) is 26.2 Å². The lowest BCUT2D eigenvalue weighted by Crippen LogP contribution is -2.53. The Labute approximate surface area is 147 Å². The van der Waals surface area contributed by atoms with Gasteiger partial charge in [0.1, 0.15) is 11.7 Å². The number of rotatable bonds is 2. The Morgan fingerprint density at radius 3 is 2.75 bits per heavy atom. The summed E-state index contributed by atoms with van der Waals surface area (Å²) < 4.78 is 11.4. The molecule has 132 valence electrons. The maximum Gasteiger partial charge on any atom is 0.410 e. The second-order valence-electron chi connectivity index (χ2n) is 7.37. The molecule has 1 amide bonds. The van der Waals surface area contributed by atoms with Crippen LogP contribution in [0.4, 0.5) is 4.79 Å². The van der Waals surface area contributed by atoms with Crippen LogP contribution in [0.25, 0.3) is 0 Å².